The molecular weight excluding hydrogens is 374 g/mol. The normalized spacial score (nSPS) is 11.5. The van der Waals surface area contributed by atoms with E-state index in [9.17, 15) is 9.59 Å². The summed E-state index contributed by atoms with van der Waals surface area (Å²) in [4.78, 5) is 25.5. The van der Waals surface area contributed by atoms with Gasteiger partial charge in [0.2, 0.25) is 0 Å². The summed E-state index contributed by atoms with van der Waals surface area (Å²) >= 11 is 6.08. The monoisotopic (exact) mass is 393 g/mol. The van der Waals surface area contributed by atoms with E-state index in [1.54, 1.807) is 49.4 Å². The van der Waals surface area contributed by atoms with Crippen LogP contribution >= 0.6 is 11.6 Å². The summed E-state index contributed by atoms with van der Waals surface area (Å²) in [5.74, 6) is 0.0698. The van der Waals surface area contributed by atoms with Crippen molar-refractivity contribution in [3.63, 3.8) is 0 Å². The second kappa shape index (κ2) is 8.72. The molecule has 142 valence electrons. The fraction of sp³-hybridized carbons (Fsp3) is 0.130. The van der Waals surface area contributed by atoms with Crippen molar-refractivity contribution in [3.8, 4) is 5.75 Å². The van der Waals surface area contributed by atoms with Crippen molar-refractivity contribution in [2.24, 2.45) is 0 Å². The van der Waals surface area contributed by atoms with Crippen molar-refractivity contribution in [1.82, 2.24) is 0 Å². The fourth-order valence-electron chi connectivity index (χ4n) is 2.73. The van der Waals surface area contributed by atoms with Gasteiger partial charge in [-0.25, -0.2) is 0 Å². The molecule has 1 N–H and O–H groups in total. The number of hydrogen-bond acceptors (Lipinski definition) is 3. The Kier molecular flexibility index (Phi) is 6.12. The van der Waals surface area contributed by atoms with Crippen molar-refractivity contribution >= 4 is 29.0 Å². The highest BCUT2D eigenvalue weighted by Gasteiger charge is 2.20. The third-order valence-corrected chi connectivity index (χ3v) is 4.52. The molecule has 0 spiro atoms. The third-order valence-electron chi connectivity index (χ3n) is 4.29. The second-order valence-electron chi connectivity index (χ2n) is 6.40. The van der Waals surface area contributed by atoms with E-state index in [0.29, 0.717) is 27.6 Å². The first-order valence-electron chi connectivity index (χ1n) is 8.88. The average molecular weight is 394 g/mol. The van der Waals surface area contributed by atoms with Crippen molar-refractivity contribution in [1.29, 1.82) is 0 Å². The van der Waals surface area contributed by atoms with Crippen molar-refractivity contribution in [3.05, 3.63) is 94.5 Å². The predicted octanol–water partition coefficient (Wildman–Crippen LogP) is 5.29. The highest BCUT2D eigenvalue weighted by Crippen LogP contribution is 2.24. The lowest BCUT2D eigenvalue weighted by Gasteiger charge is -2.17. The third kappa shape index (κ3) is 4.59. The molecule has 0 fully saturated rings. The number of nitrogens with one attached hydrogen (secondary N) is 1. The number of ether oxygens (including phenoxy) is 1. The van der Waals surface area contributed by atoms with Crippen LogP contribution < -0.4 is 10.1 Å². The van der Waals surface area contributed by atoms with Crippen LogP contribution in [0.4, 0.5) is 5.69 Å². The molecule has 1 atom stereocenters. The molecule has 28 heavy (non-hydrogen) atoms. The topological polar surface area (TPSA) is 55.4 Å². The maximum Gasteiger partial charge on any atom is 0.265 e. The summed E-state index contributed by atoms with van der Waals surface area (Å²) in [6.07, 6.45) is -0.739. The van der Waals surface area contributed by atoms with E-state index in [2.05, 4.69) is 5.32 Å². The van der Waals surface area contributed by atoms with Gasteiger partial charge in [0, 0.05) is 16.1 Å². The van der Waals surface area contributed by atoms with Crippen LogP contribution in [0.15, 0.2) is 72.8 Å². The lowest BCUT2D eigenvalue weighted by atomic mass is 10.0. The number of carbonyl (C=O) groups is 2. The van der Waals surface area contributed by atoms with Crippen LogP contribution in [-0.4, -0.2) is 17.8 Å². The van der Waals surface area contributed by atoms with E-state index in [1.807, 2.05) is 37.3 Å². The lowest BCUT2D eigenvalue weighted by Crippen LogP contribution is -2.31. The molecule has 0 bridgehead atoms. The minimum absolute atomic E-state index is 0.217. The van der Waals surface area contributed by atoms with Gasteiger partial charge in [-0.3, -0.25) is 9.59 Å². The van der Waals surface area contributed by atoms with Gasteiger partial charge in [-0.05, 0) is 43.7 Å². The molecule has 4 nitrogen and oxygen atoms in total. The molecule has 5 heteroatoms. The number of ketones is 1. The zero-order chi connectivity index (χ0) is 20.1. The summed E-state index contributed by atoms with van der Waals surface area (Å²) < 4.78 is 5.76. The van der Waals surface area contributed by atoms with Crippen LogP contribution in [0.2, 0.25) is 5.02 Å². The summed E-state index contributed by atoms with van der Waals surface area (Å²) in [7, 11) is 0. The van der Waals surface area contributed by atoms with Crippen LogP contribution in [0.25, 0.3) is 0 Å². The Morgan fingerprint density at radius 1 is 0.964 bits per heavy atom. The minimum atomic E-state index is -0.739. The minimum Gasteiger partial charge on any atom is -0.481 e. The SMILES string of the molecule is Cc1ccccc1OC(C)C(=O)Nc1ccc(Cl)cc1C(=O)c1ccccc1. The van der Waals surface area contributed by atoms with Crippen LogP contribution in [0, 0.1) is 6.92 Å². The van der Waals surface area contributed by atoms with Crippen LogP contribution in [0.5, 0.6) is 5.75 Å². The number of carbonyl (C=O) groups excluding carboxylic acids is 2. The van der Waals surface area contributed by atoms with Crippen molar-refractivity contribution < 1.29 is 14.3 Å². The highest BCUT2D eigenvalue weighted by molar-refractivity contribution is 6.31. The molecule has 0 heterocycles. The maximum absolute atomic E-state index is 12.9. The summed E-state index contributed by atoms with van der Waals surface area (Å²) in [6, 6.07) is 21.1. The summed E-state index contributed by atoms with van der Waals surface area (Å²) in [5.41, 5.74) is 2.18. The van der Waals surface area contributed by atoms with E-state index < -0.39 is 6.10 Å². The van der Waals surface area contributed by atoms with Gasteiger partial charge in [0.1, 0.15) is 5.75 Å². The molecule has 3 aromatic rings. The van der Waals surface area contributed by atoms with Crippen LogP contribution in [-0.2, 0) is 4.79 Å². The first kappa shape index (κ1) is 19.6. The fourth-order valence-corrected chi connectivity index (χ4v) is 2.90. The number of halogens is 1. The van der Waals surface area contributed by atoms with Crippen molar-refractivity contribution in [2.75, 3.05) is 5.32 Å². The van der Waals surface area contributed by atoms with Crippen molar-refractivity contribution in [2.45, 2.75) is 20.0 Å². The Hall–Kier alpha value is -3.11. The van der Waals surface area contributed by atoms with Crippen LogP contribution in [0.3, 0.4) is 0 Å². The number of para-hydroxylation sites is 1. The Balaban J connectivity index is 1.81. The molecule has 1 unspecified atom stereocenters. The van der Waals surface area contributed by atoms with Gasteiger partial charge < -0.3 is 10.1 Å². The predicted molar refractivity (Wildman–Crippen MR) is 111 cm³/mol. The van der Waals surface area contributed by atoms with E-state index in [-0.39, 0.29) is 11.7 Å². The zero-order valence-electron chi connectivity index (χ0n) is 15.6. The van der Waals surface area contributed by atoms with Gasteiger partial charge in [-0.1, -0.05) is 60.1 Å². The number of amides is 1. The first-order valence-corrected chi connectivity index (χ1v) is 9.26. The second-order valence-corrected chi connectivity index (χ2v) is 6.84. The number of benzene rings is 3. The number of anilines is 1. The molecule has 0 aliphatic carbocycles. The van der Waals surface area contributed by atoms with E-state index in [0.717, 1.165) is 5.56 Å². The Morgan fingerprint density at radius 3 is 2.36 bits per heavy atom. The molecule has 0 aliphatic rings. The molecule has 3 rings (SSSR count). The largest absolute Gasteiger partial charge is 0.481 e. The maximum atomic E-state index is 12.9. The van der Waals surface area contributed by atoms with E-state index >= 15 is 0 Å². The Labute approximate surface area is 169 Å². The van der Waals surface area contributed by atoms with Gasteiger partial charge in [0.05, 0.1) is 5.69 Å². The zero-order valence-corrected chi connectivity index (χ0v) is 16.4. The highest BCUT2D eigenvalue weighted by atomic mass is 35.5. The van der Waals surface area contributed by atoms with Crippen LogP contribution in [0.1, 0.15) is 28.4 Å². The molecule has 0 aromatic heterocycles. The first-order chi connectivity index (χ1) is 13.5. The van der Waals surface area contributed by atoms with Gasteiger partial charge in [0.25, 0.3) is 5.91 Å². The summed E-state index contributed by atoms with van der Waals surface area (Å²) in [6.45, 7) is 3.58. The van der Waals surface area contributed by atoms with Gasteiger partial charge in [-0.15, -0.1) is 0 Å². The lowest BCUT2D eigenvalue weighted by molar-refractivity contribution is -0.122. The molecular formula is C23H20ClNO3. The molecule has 0 saturated heterocycles. The molecule has 3 aromatic carbocycles. The number of hydrogen-bond donors (Lipinski definition) is 1. The Bertz CT molecular complexity index is 1000. The Morgan fingerprint density at radius 2 is 1.64 bits per heavy atom. The standard InChI is InChI=1S/C23H20ClNO3/c1-15-8-6-7-11-21(15)28-16(2)23(27)25-20-13-12-18(24)14-19(20)22(26)17-9-4-3-5-10-17/h3-14,16H,1-2H3,(H,25,27). The number of rotatable bonds is 6. The molecule has 0 saturated carbocycles. The summed E-state index contributed by atoms with van der Waals surface area (Å²) in [5, 5.41) is 3.20. The molecule has 0 aliphatic heterocycles. The quantitative estimate of drug-likeness (QED) is 0.579. The smallest absolute Gasteiger partial charge is 0.265 e. The van der Waals surface area contributed by atoms with E-state index in [4.69, 9.17) is 16.3 Å². The average Bonchev–Trinajstić information content (AvgIpc) is 2.71. The molecule has 1 amide bonds. The van der Waals surface area contributed by atoms with Gasteiger partial charge in [-0.2, -0.15) is 0 Å². The van der Waals surface area contributed by atoms with E-state index in [1.165, 1.54) is 0 Å². The molecule has 0 radical (unpaired) electrons. The van der Waals surface area contributed by atoms with Gasteiger partial charge >= 0.3 is 0 Å². The van der Waals surface area contributed by atoms with Gasteiger partial charge in [0.15, 0.2) is 11.9 Å². The number of aryl methyl sites for hydroxylation is 1.